The van der Waals surface area contributed by atoms with E-state index >= 15 is 0 Å². The molecule has 4 aromatic heterocycles. The van der Waals surface area contributed by atoms with Crippen LogP contribution in [0.2, 0.25) is 0 Å². The molecule has 0 unspecified atom stereocenters. The number of nitrogens with zero attached hydrogens (tertiary/aromatic N) is 6. The van der Waals surface area contributed by atoms with Gasteiger partial charge in [0, 0.05) is 93.2 Å². The highest BCUT2D eigenvalue weighted by atomic mass is 35.7. The topological polar surface area (TPSA) is 225 Å². The fraction of sp³-hybridized carbons (Fsp3) is 0.522. The van der Waals surface area contributed by atoms with Crippen molar-refractivity contribution in [3.63, 3.8) is 0 Å². The molecule has 17 nitrogen and oxygen atoms in total. The van der Waals surface area contributed by atoms with Gasteiger partial charge in [0.05, 0.1) is 34.3 Å². The summed E-state index contributed by atoms with van der Waals surface area (Å²) in [7, 11) is -2.07. The van der Waals surface area contributed by atoms with Gasteiger partial charge in [-0.25, -0.2) is 16.8 Å². The zero-order chi connectivity index (χ0) is 50.9. The second-order valence-electron chi connectivity index (χ2n) is 15.9. The van der Waals surface area contributed by atoms with Gasteiger partial charge < -0.3 is 28.3 Å². The molecule has 0 aromatic carbocycles. The molecule has 1 N–H and O–H groups in total. The smallest absolute Gasteiger partial charge is 0.232 e. The van der Waals surface area contributed by atoms with E-state index in [-0.39, 0.29) is 42.0 Å². The highest BCUT2D eigenvalue weighted by molar-refractivity contribution is 8.13. The fourth-order valence-corrected chi connectivity index (χ4v) is 9.72. The Hall–Kier alpha value is -4.21. The minimum atomic E-state index is -3.60. The molecule has 22 heteroatoms. The van der Waals surface area contributed by atoms with Gasteiger partial charge in [-0.3, -0.25) is 9.59 Å². The number of alkyl halides is 2. The summed E-state index contributed by atoms with van der Waals surface area (Å²) in [6.45, 7) is 25.6. The molecule has 0 aliphatic carbocycles. The number of Topliss-reactive ketones (excluding diaryl/α,β-unsaturated/α-hetero) is 2. The molecule has 6 rings (SSSR count). The number of sulfonamides is 1. The van der Waals surface area contributed by atoms with Gasteiger partial charge in [0.15, 0.2) is 11.6 Å². The number of halogens is 3. The van der Waals surface area contributed by atoms with Gasteiger partial charge in [0.25, 0.3) is 0 Å². The Morgan fingerprint density at radius 1 is 0.559 bits per heavy atom. The molecule has 2 fully saturated rings. The van der Waals surface area contributed by atoms with E-state index in [2.05, 4.69) is 51.6 Å². The third kappa shape index (κ3) is 17.0. The van der Waals surface area contributed by atoms with Crippen LogP contribution in [0.5, 0.6) is 0 Å². The second kappa shape index (κ2) is 27.3. The highest BCUT2D eigenvalue weighted by Gasteiger charge is 2.34. The number of rotatable bonds is 14. The van der Waals surface area contributed by atoms with Crippen LogP contribution in [0.4, 0.5) is 0 Å². The quantitative estimate of drug-likeness (QED) is 0.0712. The Morgan fingerprint density at radius 3 is 1.12 bits per heavy atom. The first kappa shape index (κ1) is 58.1. The number of aromatic nitrogens is 4. The molecule has 0 amide bonds. The van der Waals surface area contributed by atoms with Crippen LogP contribution in [0.3, 0.4) is 0 Å². The lowest BCUT2D eigenvalue weighted by Crippen LogP contribution is -2.42. The normalized spacial score (nSPS) is 17.1. The van der Waals surface area contributed by atoms with Gasteiger partial charge in [-0.05, 0) is 112 Å². The first-order chi connectivity index (χ1) is 32.0. The van der Waals surface area contributed by atoms with E-state index in [0.29, 0.717) is 99.7 Å². The van der Waals surface area contributed by atoms with E-state index in [0.717, 1.165) is 22.5 Å². The van der Waals surface area contributed by atoms with Crippen molar-refractivity contribution in [3.05, 3.63) is 90.4 Å². The molecule has 0 bridgehead atoms. The SMILES string of the molecule is CCN(CC)CC.Cc1noc(C)c1/C=C1\CN(S(=O)(=O)CCCCl)C/C(=C\c2c(C)noc2C)C1=O.Cc1noc(C)c1/C=C1\CNC/C(=C\c2c(C)noc2C)C1=O.O=S(=O)(Cl)CCCCl. The maximum absolute atomic E-state index is 13.2. The van der Waals surface area contributed by atoms with Crippen molar-refractivity contribution in [1.82, 2.24) is 35.1 Å². The van der Waals surface area contributed by atoms with E-state index < -0.39 is 19.1 Å². The Morgan fingerprint density at radius 2 is 0.868 bits per heavy atom. The number of piperidine rings is 2. The van der Waals surface area contributed by atoms with Gasteiger partial charge in [-0.1, -0.05) is 41.4 Å². The second-order valence-corrected chi connectivity index (χ2v) is 21.7. The van der Waals surface area contributed by atoms with Gasteiger partial charge in [-0.15, -0.1) is 23.2 Å². The van der Waals surface area contributed by atoms with Crippen LogP contribution in [-0.2, 0) is 28.7 Å². The van der Waals surface area contributed by atoms with E-state index in [9.17, 15) is 26.4 Å². The first-order valence-corrected chi connectivity index (χ1v) is 27.3. The van der Waals surface area contributed by atoms with Crippen molar-refractivity contribution in [3.8, 4) is 0 Å². The molecule has 68 heavy (non-hydrogen) atoms. The molecule has 0 radical (unpaired) electrons. The Kier molecular flexibility index (Phi) is 23.3. The zero-order valence-corrected chi connectivity index (χ0v) is 44.6. The largest absolute Gasteiger partial charge is 0.361 e. The Balaban J connectivity index is 0.000000282. The predicted octanol–water partition coefficient (Wildman–Crippen LogP) is 8.27. The number of ketones is 2. The summed E-state index contributed by atoms with van der Waals surface area (Å²) in [6, 6.07) is 0. The molecular formula is C46H64Cl3N7O10S2. The number of carbonyl (C=O) groups is 2. The van der Waals surface area contributed by atoms with Gasteiger partial charge >= 0.3 is 0 Å². The standard InChI is InChI=1S/C20H24ClN3O5S.C17H19N3O3.C6H15N.C3H6Cl2O2S/c1-12-18(14(3)28-22-12)8-16-10-24(30(26,27)7-5-6-21)11-17(20(16)25)9-19-13(2)23-29-15(19)4;1-9-15(11(3)22-19-9)5-13-7-18-8-14(17(13)21)6-16-10(2)20-23-12(16)4;1-4-7(5-2)6-3;4-2-1-3-8(5,6)7/h8-9H,5-7,10-11H2,1-4H3;5-6,18H,7-8H2,1-4H3;4-6H2,1-3H3;1-3H2/b16-8+,17-9+;13-5+,14-6+;;. The summed E-state index contributed by atoms with van der Waals surface area (Å²) >= 11 is 10.9. The minimum absolute atomic E-state index is 0.0214. The Bertz CT molecular complexity index is 2470. The number of aryl methyl sites for hydroxylation is 8. The van der Waals surface area contributed by atoms with E-state index in [1.807, 2.05) is 39.8 Å². The maximum Gasteiger partial charge on any atom is 0.232 e. The number of nitrogens with one attached hydrogen (secondary N) is 1. The predicted molar refractivity (Wildman–Crippen MR) is 268 cm³/mol. The van der Waals surface area contributed by atoms with E-state index in [1.165, 1.54) is 23.9 Å². The lowest BCUT2D eigenvalue weighted by Gasteiger charge is -2.29. The molecule has 2 saturated heterocycles. The monoisotopic (exact) mass is 1040 g/mol. The number of hydrogen-bond donors (Lipinski definition) is 1. The molecular weight excluding hydrogens is 981 g/mol. The van der Waals surface area contributed by atoms with Gasteiger partial charge in [-0.2, -0.15) is 4.31 Å². The summed E-state index contributed by atoms with van der Waals surface area (Å²) in [6.07, 6.45) is 7.79. The molecule has 2 aliphatic rings. The van der Waals surface area contributed by atoms with E-state index in [1.54, 1.807) is 39.8 Å². The molecule has 376 valence electrons. The first-order valence-electron chi connectivity index (χ1n) is 22.1. The summed E-state index contributed by atoms with van der Waals surface area (Å²) < 4.78 is 67.9. The highest BCUT2D eigenvalue weighted by Crippen LogP contribution is 2.28. The average Bonchev–Trinajstić information content (AvgIpc) is 4.01. The summed E-state index contributed by atoms with van der Waals surface area (Å²) in [5.74, 6) is 2.83. The molecule has 0 spiro atoms. The summed E-state index contributed by atoms with van der Waals surface area (Å²) in [4.78, 5) is 28.3. The van der Waals surface area contributed by atoms with Crippen molar-refractivity contribution >= 4 is 88.8 Å². The minimum Gasteiger partial charge on any atom is -0.361 e. The van der Waals surface area contributed by atoms with Crippen LogP contribution in [0.25, 0.3) is 24.3 Å². The van der Waals surface area contributed by atoms with Crippen LogP contribution in [0.15, 0.2) is 40.4 Å². The molecule has 4 aromatic rings. The van der Waals surface area contributed by atoms with Crippen LogP contribution < -0.4 is 5.32 Å². The maximum atomic E-state index is 13.2. The van der Waals surface area contributed by atoms with Crippen molar-refractivity contribution in [2.75, 3.05) is 69.1 Å². The van der Waals surface area contributed by atoms with Crippen molar-refractivity contribution in [2.45, 2.75) is 89.0 Å². The van der Waals surface area contributed by atoms with Crippen LogP contribution in [0.1, 0.15) is 102 Å². The lowest BCUT2D eigenvalue weighted by atomic mass is 9.95. The Labute approximate surface area is 414 Å². The molecule has 2 aliphatic heterocycles. The average molecular weight is 1050 g/mol. The third-order valence-electron chi connectivity index (χ3n) is 10.9. The third-order valence-corrected chi connectivity index (χ3v) is 14.5. The fourth-order valence-electron chi connectivity index (χ4n) is 6.88. The van der Waals surface area contributed by atoms with E-state index in [4.69, 9.17) is 52.0 Å². The summed E-state index contributed by atoms with van der Waals surface area (Å²) in [5, 5.41) is 18.9. The summed E-state index contributed by atoms with van der Waals surface area (Å²) in [5.41, 5.74) is 8.01. The van der Waals surface area contributed by atoms with Gasteiger partial charge in [0.2, 0.25) is 19.1 Å². The van der Waals surface area contributed by atoms with Crippen molar-refractivity contribution in [2.24, 2.45) is 0 Å². The van der Waals surface area contributed by atoms with Crippen LogP contribution >= 0.6 is 33.9 Å². The lowest BCUT2D eigenvalue weighted by molar-refractivity contribution is -0.113. The molecule has 0 saturated carbocycles. The number of carbonyl (C=O) groups excluding carboxylic acids is 2. The zero-order valence-electron chi connectivity index (χ0n) is 40.7. The van der Waals surface area contributed by atoms with Crippen molar-refractivity contribution < 1.29 is 44.5 Å². The van der Waals surface area contributed by atoms with Crippen LogP contribution in [-0.4, -0.2) is 127 Å². The number of hydrogen-bond acceptors (Lipinski definition) is 16. The van der Waals surface area contributed by atoms with Crippen molar-refractivity contribution in [1.29, 1.82) is 0 Å². The molecule has 0 atom stereocenters. The molecule has 6 heterocycles. The van der Waals surface area contributed by atoms with Crippen LogP contribution in [0, 0.1) is 55.4 Å². The van der Waals surface area contributed by atoms with Gasteiger partial charge in [0.1, 0.15) is 23.0 Å².